The zero-order valence-electron chi connectivity index (χ0n) is 17.9. The van der Waals surface area contributed by atoms with E-state index < -0.39 is 0 Å². The van der Waals surface area contributed by atoms with Gasteiger partial charge in [0.25, 0.3) is 5.56 Å². The van der Waals surface area contributed by atoms with Crippen LogP contribution in [0.3, 0.4) is 0 Å². The summed E-state index contributed by atoms with van der Waals surface area (Å²) in [4.78, 5) is 47.6. The molecule has 0 radical (unpaired) electrons. The van der Waals surface area contributed by atoms with Gasteiger partial charge in [-0.2, -0.15) is 0 Å². The van der Waals surface area contributed by atoms with Gasteiger partial charge in [-0.1, -0.05) is 18.2 Å². The normalized spacial score (nSPS) is 15.0. The summed E-state index contributed by atoms with van der Waals surface area (Å²) >= 11 is 0. The molecule has 4 aromatic rings. The van der Waals surface area contributed by atoms with E-state index in [0.717, 1.165) is 48.3 Å². The van der Waals surface area contributed by atoms with Crippen LogP contribution in [0.1, 0.15) is 17.3 Å². The van der Waals surface area contributed by atoms with Crippen molar-refractivity contribution in [1.82, 2.24) is 19.4 Å². The van der Waals surface area contributed by atoms with E-state index >= 15 is 0 Å². The molecule has 8 heteroatoms. The average Bonchev–Trinajstić information content (AvgIpc) is 3.18. The lowest BCUT2D eigenvalue weighted by Crippen LogP contribution is -2.48. The SMILES string of the molecule is CC(=O)c1ccc(N2CCN(CCn3c(=O)[nH]c4c([nH]c5ccccc54)c3=O)CC2)cc1. The van der Waals surface area contributed by atoms with Gasteiger partial charge in [0.05, 0.1) is 5.52 Å². The monoisotopic (exact) mass is 431 g/mol. The molecule has 0 saturated carbocycles. The molecule has 1 aliphatic heterocycles. The quantitative estimate of drug-likeness (QED) is 0.473. The number of fused-ring (bicyclic) bond motifs is 3. The minimum absolute atomic E-state index is 0.0669. The lowest BCUT2D eigenvalue weighted by molar-refractivity contribution is 0.101. The van der Waals surface area contributed by atoms with Gasteiger partial charge in [-0.3, -0.25) is 19.1 Å². The molecule has 1 fully saturated rings. The number of para-hydroxylation sites is 1. The summed E-state index contributed by atoms with van der Waals surface area (Å²) in [6, 6.07) is 15.3. The van der Waals surface area contributed by atoms with E-state index in [1.54, 1.807) is 6.92 Å². The molecular weight excluding hydrogens is 406 g/mol. The van der Waals surface area contributed by atoms with Crippen LogP contribution < -0.4 is 16.1 Å². The maximum Gasteiger partial charge on any atom is 0.328 e. The summed E-state index contributed by atoms with van der Waals surface area (Å²) in [5, 5.41) is 0.844. The summed E-state index contributed by atoms with van der Waals surface area (Å²) in [6.45, 7) is 5.93. The Labute approximate surface area is 184 Å². The first-order valence-electron chi connectivity index (χ1n) is 10.8. The Kier molecular flexibility index (Phi) is 5.14. The van der Waals surface area contributed by atoms with Gasteiger partial charge in [-0.15, -0.1) is 0 Å². The number of aromatic amines is 2. The Hall–Kier alpha value is -3.65. The van der Waals surface area contributed by atoms with Gasteiger partial charge in [-0.05, 0) is 37.3 Å². The smallest absolute Gasteiger partial charge is 0.328 e. The van der Waals surface area contributed by atoms with Crippen molar-refractivity contribution in [1.29, 1.82) is 0 Å². The van der Waals surface area contributed by atoms with Crippen molar-refractivity contribution in [3.63, 3.8) is 0 Å². The molecule has 32 heavy (non-hydrogen) atoms. The number of anilines is 1. The van der Waals surface area contributed by atoms with Gasteiger partial charge in [-0.25, -0.2) is 4.79 Å². The first kappa shape index (κ1) is 20.3. The fourth-order valence-corrected chi connectivity index (χ4v) is 4.41. The maximum atomic E-state index is 13.0. The molecule has 0 atom stereocenters. The second-order valence-corrected chi connectivity index (χ2v) is 8.24. The van der Waals surface area contributed by atoms with Crippen molar-refractivity contribution in [2.75, 3.05) is 37.6 Å². The molecule has 2 aromatic heterocycles. The van der Waals surface area contributed by atoms with E-state index in [-0.39, 0.29) is 17.0 Å². The van der Waals surface area contributed by atoms with Gasteiger partial charge >= 0.3 is 5.69 Å². The molecule has 0 spiro atoms. The number of H-pyrrole nitrogens is 2. The van der Waals surface area contributed by atoms with Crippen LogP contribution in [-0.2, 0) is 6.54 Å². The molecule has 3 heterocycles. The number of nitrogens with one attached hydrogen (secondary N) is 2. The standard InChI is InChI=1S/C24H25N5O3/c1-16(30)17-6-8-18(9-7-17)28-13-10-27(11-14-28)12-15-29-23(31)22-21(26-24(29)32)19-4-2-3-5-20(19)25-22/h2-9,25H,10-15H2,1H3,(H,26,32). The van der Waals surface area contributed by atoms with Gasteiger partial charge in [0.15, 0.2) is 5.78 Å². The number of ketones is 1. The molecule has 1 saturated heterocycles. The van der Waals surface area contributed by atoms with Crippen molar-refractivity contribution in [3.05, 3.63) is 74.9 Å². The Bertz CT molecular complexity index is 1410. The topological polar surface area (TPSA) is 94.2 Å². The first-order chi connectivity index (χ1) is 15.5. The lowest BCUT2D eigenvalue weighted by Gasteiger charge is -2.36. The molecule has 0 amide bonds. The number of benzene rings is 2. The number of hydrogen-bond donors (Lipinski definition) is 2. The van der Waals surface area contributed by atoms with E-state index in [2.05, 4.69) is 19.8 Å². The molecule has 8 nitrogen and oxygen atoms in total. The number of piperazine rings is 1. The highest BCUT2D eigenvalue weighted by molar-refractivity contribution is 6.04. The Morgan fingerprint density at radius 1 is 0.875 bits per heavy atom. The van der Waals surface area contributed by atoms with E-state index in [1.807, 2.05) is 48.5 Å². The molecule has 2 N–H and O–H groups in total. The zero-order chi connectivity index (χ0) is 22.2. The van der Waals surface area contributed by atoms with Crippen LogP contribution in [-0.4, -0.2) is 57.9 Å². The Morgan fingerprint density at radius 3 is 2.31 bits per heavy atom. The van der Waals surface area contributed by atoms with E-state index in [4.69, 9.17) is 0 Å². The molecule has 0 unspecified atom stereocenters. The van der Waals surface area contributed by atoms with E-state index in [0.29, 0.717) is 24.1 Å². The van der Waals surface area contributed by atoms with Crippen molar-refractivity contribution in [3.8, 4) is 0 Å². The Balaban J connectivity index is 1.26. The van der Waals surface area contributed by atoms with Gasteiger partial charge in [0.2, 0.25) is 0 Å². The van der Waals surface area contributed by atoms with Crippen molar-refractivity contribution in [2.45, 2.75) is 13.5 Å². The second-order valence-electron chi connectivity index (χ2n) is 8.24. The number of carbonyl (C=O) groups excluding carboxylic acids is 1. The molecule has 1 aliphatic rings. The number of nitrogens with zero attached hydrogens (tertiary/aromatic N) is 3. The highest BCUT2D eigenvalue weighted by Gasteiger charge is 2.19. The number of rotatable bonds is 5. The zero-order valence-corrected chi connectivity index (χ0v) is 17.9. The van der Waals surface area contributed by atoms with Gasteiger partial charge < -0.3 is 14.9 Å². The summed E-state index contributed by atoms with van der Waals surface area (Å²) in [7, 11) is 0. The van der Waals surface area contributed by atoms with Crippen molar-refractivity contribution >= 4 is 33.4 Å². The second kappa shape index (κ2) is 8.12. The lowest BCUT2D eigenvalue weighted by atomic mass is 10.1. The number of carbonyl (C=O) groups is 1. The van der Waals surface area contributed by atoms with Crippen LogP contribution in [0.15, 0.2) is 58.1 Å². The molecule has 2 aromatic carbocycles. The first-order valence-corrected chi connectivity index (χ1v) is 10.8. The summed E-state index contributed by atoms with van der Waals surface area (Å²) in [6.07, 6.45) is 0. The third-order valence-corrected chi connectivity index (χ3v) is 6.29. The van der Waals surface area contributed by atoms with Crippen LogP contribution in [0, 0.1) is 0 Å². The molecule has 0 bridgehead atoms. The highest BCUT2D eigenvalue weighted by atomic mass is 16.2. The maximum absolute atomic E-state index is 13.0. The van der Waals surface area contributed by atoms with Crippen LogP contribution in [0.2, 0.25) is 0 Å². The number of Topliss-reactive ketones (excluding diaryl/α,β-unsaturated/α-hetero) is 1. The summed E-state index contributed by atoms with van der Waals surface area (Å²) < 4.78 is 1.28. The Morgan fingerprint density at radius 2 is 1.59 bits per heavy atom. The number of hydrogen-bond acceptors (Lipinski definition) is 5. The molecule has 164 valence electrons. The summed E-state index contributed by atoms with van der Waals surface area (Å²) in [5.74, 6) is 0.0669. The minimum Gasteiger partial charge on any atom is -0.369 e. The third-order valence-electron chi connectivity index (χ3n) is 6.29. The molecule has 0 aliphatic carbocycles. The molecular formula is C24H25N5O3. The van der Waals surface area contributed by atoms with Gasteiger partial charge in [0, 0.05) is 61.4 Å². The average molecular weight is 431 g/mol. The van der Waals surface area contributed by atoms with Crippen LogP contribution in [0.5, 0.6) is 0 Å². The minimum atomic E-state index is -0.378. The van der Waals surface area contributed by atoms with Crippen LogP contribution in [0.4, 0.5) is 5.69 Å². The van der Waals surface area contributed by atoms with Crippen LogP contribution in [0.25, 0.3) is 21.9 Å². The largest absolute Gasteiger partial charge is 0.369 e. The fourth-order valence-electron chi connectivity index (χ4n) is 4.41. The molecule has 5 rings (SSSR count). The van der Waals surface area contributed by atoms with Crippen molar-refractivity contribution in [2.24, 2.45) is 0 Å². The fraction of sp³-hybridized carbons (Fsp3) is 0.292. The van der Waals surface area contributed by atoms with Crippen LogP contribution >= 0.6 is 0 Å². The number of aromatic nitrogens is 3. The highest BCUT2D eigenvalue weighted by Crippen LogP contribution is 2.20. The van der Waals surface area contributed by atoms with Crippen molar-refractivity contribution < 1.29 is 4.79 Å². The van der Waals surface area contributed by atoms with E-state index in [9.17, 15) is 14.4 Å². The predicted octanol–water partition coefficient (Wildman–Crippen LogP) is 2.20. The summed E-state index contributed by atoms with van der Waals surface area (Å²) in [5.41, 5.74) is 2.99. The van der Waals surface area contributed by atoms with E-state index in [1.165, 1.54) is 4.57 Å². The predicted molar refractivity (Wildman–Crippen MR) is 126 cm³/mol. The van der Waals surface area contributed by atoms with Gasteiger partial charge in [0.1, 0.15) is 5.52 Å². The third kappa shape index (κ3) is 3.62.